The Morgan fingerprint density at radius 3 is 1.47 bits per heavy atom. The minimum Gasteiger partial charge on any atom is -0.481 e. The van der Waals surface area contributed by atoms with Crippen molar-refractivity contribution < 1.29 is 82.5 Å². The zero-order valence-corrected chi connectivity index (χ0v) is 52.4. The second-order valence-electron chi connectivity index (χ2n) is 22.9. The van der Waals surface area contributed by atoms with E-state index in [1.54, 1.807) is 12.2 Å². The molecule has 1 saturated heterocycles. The van der Waals surface area contributed by atoms with Gasteiger partial charge in [0.05, 0.1) is 37.0 Å². The van der Waals surface area contributed by atoms with Crippen molar-refractivity contribution in [2.24, 2.45) is 35.5 Å². The van der Waals surface area contributed by atoms with Crippen molar-refractivity contribution in [3.05, 3.63) is 72.9 Å². The maximum atomic E-state index is 13.0. The molecule has 0 amide bonds. The van der Waals surface area contributed by atoms with Crippen LogP contribution in [0.2, 0.25) is 0 Å². The van der Waals surface area contributed by atoms with Crippen LogP contribution in [0.4, 0.5) is 0 Å². The molecule has 486 valence electrons. The largest absolute Gasteiger partial charge is 0.481 e. The first-order valence-electron chi connectivity index (χ1n) is 32.6. The third-order valence-electron chi connectivity index (χ3n) is 15.6. The Kier molecular flexibility index (Phi) is 47.1. The first-order chi connectivity index (χ1) is 41.5. The van der Waals surface area contributed by atoms with E-state index in [0.29, 0.717) is 38.5 Å². The highest BCUT2D eigenvalue weighted by molar-refractivity contribution is 5.95. The van der Waals surface area contributed by atoms with Crippen LogP contribution < -0.4 is 0 Å². The third-order valence-corrected chi connectivity index (χ3v) is 15.6. The fourth-order valence-electron chi connectivity index (χ4n) is 10.4. The number of ether oxygens (including phenoxy) is 4. The number of rotatable bonds is 56. The lowest BCUT2D eigenvalue weighted by molar-refractivity contribution is -0.167. The Hall–Kier alpha value is -6.13. The van der Waals surface area contributed by atoms with E-state index in [0.717, 1.165) is 135 Å². The van der Waals surface area contributed by atoms with Crippen LogP contribution in [0.1, 0.15) is 252 Å². The van der Waals surface area contributed by atoms with Gasteiger partial charge in [0.25, 0.3) is 0 Å². The summed E-state index contributed by atoms with van der Waals surface area (Å²) >= 11 is 0. The van der Waals surface area contributed by atoms with E-state index in [9.17, 15) is 58.5 Å². The van der Waals surface area contributed by atoms with Crippen molar-refractivity contribution in [2.45, 2.75) is 258 Å². The Morgan fingerprint density at radius 2 is 0.942 bits per heavy atom. The van der Waals surface area contributed by atoms with Gasteiger partial charge in [-0.25, -0.2) is 0 Å². The van der Waals surface area contributed by atoms with Gasteiger partial charge in [-0.2, -0.15) is 0 Å². The number of hydrogen-bond donors (Lipinski definition) is 4. The SMILES string of the molecule is CCCCCCCCC(/C=C/CCCCCCC(=O)OC(COC(=O)CCCCCCC/C=C\C=C\C(CCCCC)C(CC(=O)O)C(=O)O)COC(=O)CCCCCCC/C=C\C/C=C\C=C\C(CC)C(CC(=O)O)C(=O)O)C1CC(=O)OC1=O. The van der Waals surface area contributed by atoms with E-state index in [1.807, 2.05) is 43.4 Å². The second kappa shape index (κ2) is 52.0. The molecule has 1 fully saturated rings. The number of aliphatic carboxylic acids is 4. The highest BCUT2D eigenvalue weighted by atomic mass is 16.6. The molecule has 0 saturated carbocycles. The van der Waals surface area contributed by atoms with Crippen molar-refractivity contribution in [3.63, 3.8) is 0 Å². The summed E-state index contributed by atoms with van der Waals surface area (Å²) in [6.45, 7) is 5.62. The van der Waals surface area contributed by atoms with Crippen molar-refractivity contribution in [1.82, 2.24) is 0 Å². The molecular weight excluding hydrogens is 1100 g/mol. The van der Waals surface area contributed by atoms with Gasteiger partial charge in [-0.05, 0) is 101 Å². The van der Waals surface area contributed by atoms with Gasteiger partial charge in [0, 0.05) is 19.3 Å². The molecule has 0 spiro atoms. The summed E-state index contributed by atoms with van der Waals surface area (Å²) in [6.07, 6.45) is 48.8. The molecular formula is C69H108O17. The smallest absolute Gasteiger partial charge is 0.317 e. The number of unbranched alkanes of at least 4 members (excludes halogenated alkanes) is 21. The number of carboxylic acid groups (broad SMARTS) is 4. The second-order valence-corrected chi connectivity index (χ2v) is 22.9. The summed E-state index contributed by atoms with van der Waals surface area (Å²) < 4.78 is 21.6. The van der Waals surface area contributed by atoms with Gasteiger partial charge in [-0.1, -0.05) is 203 Å². The zero-order chi connectivity index (χ0) is 63.4. The van der Waals surface area contributed by atoms with E-state index in [2.05, 4.69) is 38.2 Å². The molecule has 0 aromatic heterocycles. The summed E-state index contributed by atoms with van der Waals surface area (Å²) in [4.78, 5) is 109. The van der Waals surface area contributed by atoms with Crippen LogP contribution in [0, 0.1) is 35.5 Å². The van der Waals surface area contributed by atoms with E-state index >= 15 is 0 Å². The molecule has 0 aliphatic carbocycles. The van der Waals surface area contributed by atoms with Crippen LogP contribution in [-0.2, 0) is 62.1 Å². The molecule has 0 bridgehead atoms. The molecule has 0 aromatic carbocycles. The minimum atomic E-state index is -1.13. The zero-order valence-electron chi connectivity index (χ0n) is 52.4. The first kappa shape index (κ1) is 77.9. The lowest BCUT2D eigenvalue weighted by Crippen LogP contribution is -2.30. The third kappa shape index (κ3) is 41.8. The summed E-state index contributed by atoms with van der Waals surface area (Å²) in [5.41, 5.74) is 0. The van der Waals surface area contributed by atoms with E-state index in [4.69, 9.17) is 24.1 Å². The number of esters is 5. The Morgan fingerprint density at radius 1 is 0.488 bits per heavy atom. The molecule has 4 N–H and O–H groups in total. The number of carbonyl (C=O) groups is 9. The monoisotopic (exact) mass is 1210 g/mol. The summed E-state index contributed by atoms with van der Waals surface area (Å²) in [6, 6.07) is 0. The molecule has 7 unspecified atom stereocenters. The number of carboxylic acids is 4. The number of cyclic esters (lactones) is 2. The van der Waals surface area contributed by atoms with Gasteiger partial charge in [0.15, 0.2) is 6.10 Å². The molecule has 7 atom stereocenters. The molecule has 1 aliphatic heterocycles. The summed E-state index contributed by atoms with van der Waals surface area (Å²) in [7, 11) is 0. The topological polar surface area (TPSA) is 271 Å². The quantitative estimate of drug-likeness (QED) is 0.0110. The standard InChI is InChI=1S/C69H108O17/c1-4-7-9-10-26-36-44-56(60-51-66(77)86-69(60)82)45-37-29-24-25-32-40-48-65(76)85-57(52-83-63(74)46-38-30-22-18-14-12-11-13-16-20-27-34-41-54(6-3)58(67(78)79)49-61(70)71)53-84-64(75)47-39-31-23-19-15-17-21-28-35-43-55(42-33-8-5-2)59(68(80)81)50-62(72)73/h11,13,20-21,27-28,34-35,37,41,43,45,54-60H,4-10,12,14-19,22-26,29-33,36,38-40,42,44,46-53H2,1-3H3,(H,70,71)(H,72,73)(H,78,79)(H,80,81)/b13-11-,27-20-,28-21-,41-34+,43-35+,45-37+. The molecule has 17 nitrogen and oxygen atoms in total. The summed E-state index contributed by atoms with van der Waals surface area (Å²) in [5, 5.41) is 37.4. The molecule has 1 rings (SSSR count). The lowest BCUT2D eigenvalue weighted by Gasteiger charge is -2.19. The molecule has 1 heterocycles. The number of hydrogen-bond acceptors (Lipinski definition) is 13. The van der Waals surface area contributed by atoms with Crippen molar-refractivity contribution in [3.8, 4) is 0 Å². The van der Waals surface area contributed by atoms with Gasteiger partial charge < -0.3 is 39.4 Å². The van der Waals surface area contributed by atoms with Crippen molar-refractivity contribution in [1.29, 1.82) is 0 Å². The lowest BCUT2D eigenvalue weighted by atomic mass is 9.85. The predicted molar refractivity (Wildman–Crippen MR) is 332 cm³/mol. The highest BCUT2D eigenvalue weighted by Gasteiger charge is 2.38. The Balaban J connectivity index is 2.62. The van der Waals surface area contributed by atoms with Crippen LogP contribution in [0.25, 0.3) is 0 Å². The van der Waals surface area contributed by atoms with Crippen LogP contribution in [0.5, 0.6) is 0 Å². The van der Waals surface area contributed by atoms with Gasteiger partial charge in [-0.15, -0.1) is 0 Å². The first-order valence-corrected chi connectivity index (χ1v) is 32.6. The van der Waals surface area contributed by atoms with Crippen molar-refractivity contribution >= 4 is 53.7 Å². The highest BCUT2D eigenvalue weighted by Crippen LogP contribution is 2.31. The van der Waals surface area contributed by atoms with E-state index in [1.165, 1.54) is 19.3 Å². The maximum absolute atomic E-state index is 13.0. The average molecular weight is 1210 g/mol. The van der Waals surface area contributed by atoms with E-state index in [-0.39, 0.29) is 56.7 Å². The maximum Gasteiger partial charge on any atom is 0.317 e. The van der Waals surface area contributed by atoms with Gasteiger partial charge in [0.2, 0.25) is 0 Å². The number of allylic oxidation sites excluding steroid dienone is 12. The summed E-state index contributed by atoms with van der Waals surface area (Å²) in [5.74, 6) is -9.77. The fraction of sp³-hybridized carbons (Fsp3) is 0.696. The minimum absolute atomic E-state index is 0.0274. The van der Waals surface area contributed by atoms with Gasteiger partial charge >= 0.3 is 53.7 Å². The number of carbonyl (C=O) groups excluding carboxylic acids is 5. The normalized spacial score (nSPS) is 15.9. The van der Waals surface area contributed by atoms with Crippen molar-refractivity contribution in [2.75, 3.05) is 13.2 Å². The van der Waals surface area contributed by atoms with Gasteiger partial charge in [0.1, 0.15) is 13.2 Å². The van der Waals surface area contributed by atoms with Gasteiger partial charge in [-0.3, -0.25) is 43.2 Å². The van der Waals surface area contributed by atoms with Crippen LogP contribution in [0.3, 0.4) is 0 Å². The Bertz CT molecular complexity index is 2120. The molecule has 1 aliphatic rings. The molecule has 0 aromatic rings. The fourth-order valence-corrected chi connectivity index (χ4v) is 10.4. The molecule has 17 heteroatoms. The van der Waals surface area contributed by atoms with Crippen LogP contribution in [0.15, 0.2) is 72.9 Å². The Labute approximate surface area is 513 Å². The van der Waals surface area contributed by atoms with Crippen LogP contribution in [-0.4, -0.2) is 93.5 Å². The van der Waals surface area contributed by atoms with E-state index < -0.39 is 90.4 Å². The van der Waals surface area contributed by atoms with Crippen LogP contribution >= 0.6 is 0 Å². The molecule has 86 heavy (non-hydrogen) atoms. The average Bonchev–Trinajstić information content (AvgIpc) is 3.97. The predicted octanol–water partition coefficient (Wildman–Crippen LogP) is 15.5. The molecule has 0 radical (unpaired) electrons.